The number of nitrogens with two attached hydrogens (primary N) is 1. The summed E-state index contributed by atoms with van der Waals surface area (Å²) < 4.78 is 5.71. The average Bonchev–Trinajstić information content (AvgIpc) is 2.53. The summed E-state index contributed by atoms with van der Waals surface area (Å²) in [6, 6.07) is 8.80. The Kier molecular flexibility index (Phi) is 4.33. The van der Waals surface area contributed by atoms with Gasteiger partial charge in [-0.1, -0.05) is 17.7 Å². The topological polar surface area (TPSA) is 46.1 Å². The van der Waals surface area contributed by atoms with Crippen molar-refractivity contribution in [3.63, 3.8) is 0 Å². The van der Waals surface area contributed by atoms with E-state index in [0.717, 1.165) is 42.0 Å². The van der Waals surface area contributed by atoms with Crippen molar-refractivity contribution in [1.82, 2.24) is 0 Å². The summed E-state index contributed by atoms with van der Waals surface area (Å²) >= 11 is 0. The third-order valence-corrected chi connectivity index (χ3v) is 6.44. The number of ether oxygens (including phenoxy) is 1. The molecule has 0 aliphatic heterocycles. The van der Waals surface area contributed by atoms with Gasteiger partial charge in [0.05, 0.1) is 6.04 Å². The number of hydrogen-bond acceptors (Lipinski definition) is 2. The maximum absolute atomic E-state index is 10.3. The van der Waals surface area contributed by atoms with E-state index in [2.05, 4.69) is 12.2 Å². The molecular weight excluding hydrogens is 286 g/mol. The van der Waals surface area contributed by atoms with E-state index in [9.17, 15) is 5.11 Å². The van der Waals surface area contributed by atoms with E-state index in [4.69, 9.17) is 4.74 Å². The maximum Gasteiger partial charge on any atom is 0.137 e. The van der Waals surface area contributed by atoms with Gasteiger partial charge < -0.3 is 15.2 Å². The van der Waals surface area contributed by atoms with Gasteiger partial charge in [-0.3, -0.25) is 0 Å². The van der Waals surface area contributed by atoms with E-state index in [1.807, 2.05) is 24.3 Å². The fraction of sp³-hybridized carbons (Fsp3) is 0.700. The van der Waals surface area contributed by atoms with Crippen molar-refractivity contribution in [2.45, 2.75) is 51.2 Å². The molecule has 1 aromatic rings. The molecule has 4 fully saturated rings. The standard InChI is InChI=1S/C20H29NO2/c1-13-2-4-19(5-3-13)23-12-18(22)11-21-20-16-7-14-6-15(9-16)10-17(20)8-14/h2-5,14-18,20-22H,6-12H2,1H3/p+1/t14?,15?,16?,17?,18-,20?/m1/s1. The summed E-state index contributed by atoms with van der Waals surface area (Å²) in [4.78, 5) is 0. The van der Waals surface area contributed by atoms with Crippen LogP contribution in [-0.4, -0.2) is 30.4 Å². The van der Waals surface area contributed by atoms with Gasteiger partial charge in [-0.15, -0.1) is 0 Å². The van der Waals surface area contributed by atoms with Crippen LogP contribution in [0.5, 0.6) is 5.75 Å². The Hall–Kier alpha value is -1.06. The molecule has 0 unspecified atom stereocenters. The van der Waals surface area contributed by atoms with E-state index in [1.54, 1.807) is 0 Å². The van der Waals surface area contributed by atoms with Gasteiger partial charge in [-0.25, -0.2) is 0 Å². The Morgan fingerprint density at radius 3 is 2.26 bits per heavy atom. The van der Waals surface area contributed by atoms with E-state index >= 15 is 0 Å². The molecule has 4 aliphatic rings. The van der Waals surface area contributed by atoms with Gasteiger partial charge in [0, 0.05) is 11.8 Å². The number of benzene rings is 1. The first-order valence-corrected chi connectivity index (χ1v) is 9.38. The molecule has 4 bridgehead atoms. The van der Waals surface area contributed by atoms with E-state index < -0.39 is 0 Å². The van der Waals surface area contributed by atoms with Gasteiger partial charge in [0.25, 0.3) is 0 Å². The van der Waals surface area contributed by atoms with Crippen LogP contribution >= 0.6 is 0 Å². The Bertz CT molecular complexity index is 499. The normalized spacial score (nSPS) is 36.2. The number of quaternary nitrogens is 1. The van der Waals surface area contributed by atoms with E-state index in [1.165, 1.54) is 37.7 Å². The highest BCUT2D eigenvalue weighted by atomic mass is 16.5. The maximum atomic E-state index is 10.3. The second-order valence-electron chi connectivity index (χ2n) is 8.26. The summed E-state index contributed by atoms with van der Waals surface area (Å²) in [5.74, 6) is 4.73. The smallest absolute Gasteiger partial charge is 0.137 e. The van der Waals surface area contributed by atoms with Crippen LogP contribution in [0.3, 0.4) is 0 Å². The number of aliphatic hydroxyl groups excluding tert-OH is 1. The van der Waals surface area contributed by atoms with Crippen LogP contribution in [0.1, 0.15) is 37.7 Å². The zero-order valence-electron chi connectivity index (χ0n) is 14.2. The molecule has 0 aromatic heterocycles. The zero-order valence-corrected chi connectivity index (χ0v) is 14.2. The van der Waals surface area contributed by atoms with Crippen molar-refractivity contribution in [3.8, 4) is 5.75 Å². The van der Waals surface area contributed by atoms with Crippen molar-refractivity contribution in [1.29, 1.82) is 0 Å². The fourth-order valence-corrected chi connectivity index (χ4v) is 5.56. The van der Waals surface area contributed by atoms with Crippen LogP contribution in [0.2, 0.25) is 0 Å². The van der Waals surface area contributed by atoms with Gasteiger partial charge in [0.1, 0.15) is 25.0 Å². The lowest BCUT2D eigenvalue weighted by Crippen LogP contribution is -2.96. The molecule has 4 saturated carbocycles. The summed E-state index contributed by atoms with van der Waals surface area (Å²) in [7, 11) is 0. The largest absolute Gasteiger partial charge is 0.491 e. The molecule has 23 heavy (non-hydrogen) atoms. The molecule has 0 saturated heterocycles. The van der Waals surface area contributed by atoms with Gasteiger partial charge in [0.15, 0.2) is 0 Å². The first-order valence-electron chi connectivity index (χ1n) is 9.38. The number of aliphatic hydroxyl groups is 1. The lowest BCUT2D eigenvalue weighted by molar-refractivity contribution is -0.713. The highest BCUT2D eigenvalue weighted by Crippen LogP contribution is 2.52. The Balaban J connectivity index is 1.24. The molecule has 5 rings (SSSR count). The minimum Gasteiger partial charge on any atom is -0.491 e. The molecule has 126 valence electrons. The van der Waals surface area contributed by atoms with Crippen LogP contribution in [-0.2, 0) is 0 Å². The molecule has 3 heteroatoms. The highest BCUT2D eigenvalue weighted by molar-refractivity contribution is 5.26. The van der Waals surface area contributed by atoms with Crippen LogP contribution in [0, 0.1) is 30.6 Å². The molecule has 1 aromatic carbocycles. The van der Waals surface area contributed by atoms with E-state index in [-0.39, 0.29) is 6.10 Å². The van der Waals surface area contributed by atoms with Crippen molar-refractivity contribution < 1.29 is 15.2 Å². The molecule has 4 aliphatic carbocycles. The predicted molar refractivity (Wildman–Crippen MR) is 90.3 cm³/mol. The van der Waals surface area contributed by atoms with Gasteiger partial charge in [-0.2, -0.15) is 0 Å². The van der Waals surface area contributed by atoms with Crippen LogP contribution in [0.4, 0.5) is 0 Å². The molecular formula is C20H30NO2+. The first-order chi connectivity index (χ1) is 11.2. The van der Waals surface area contributed by atoms with Crippen LogP contribution < -0.4 is 10.1 Å². The summed E-state index contributed by atoms with van der Waals surface area (Å²) in [5.41, 5.74) is 1.23. The van der Waals surface area contributed by atoms with E-state index in [0.29, 0.717) is 6.61 Å². The molecule has 0 radical (unpaired) electrons. The SMILES string of the molecule is Cc1ccc(OC[C@H](O)C[NH2+]C2C3CC4CC(C3)CC2C4)cc1. The molecule has 3 N–H and O–H groups in total. The minimum atomic E-state index is -0.381. The van der Waals surface area contributed by atoms with Crippen molar-refractivity contribution in [3.05, 3.63) is 29.8 Å². The van der Waals surface area contributed by atoms with Crippen LogP contribution in [0.25, 0.3) is 0 Å². The Morgan fingerprint density at radius 1 is 1.04 bits per heavy atom. The minimum absolute atomic E-state index is 0.381. The molecule has 1 atom stereocenters. The van der Waals surface area contributed by atoms with Crippen molar-refractivity contribution in [2.24, 2.45) is 23.7 Å². The number of aryl methyl sites for hydroxylation is 1. The van der Waals surface area contributed by atoms with Gasteiger partial charge >= 0.3 is 0 Å². The second-order valence-corrected chi connectivity index (χ2v) is 8.26. The third-order valence-electron chi connectivity index (χ3n) is 6.44. The van der Waals surface area contributed by atoms with Crippen molar-refractivity contribution in [2.75, 3.05) is 13.2 Å². The quantitative estimate of drug-likeness (QED) is 0.844. The first kappa shape index (κ1) is 15.5. The molecule has 0 spiro atoms. The fourth-order valence-electron chi connectivity index (χ4n) is 5.56. The average molecular weight is 316 g/mol. The summed E-state index contributed by atoms with van der Waals surface area (Å²) in [5, 5.41) is 12.7. The van der Waals surface area contributed by atoms with Gasteiger partial charge in [-0.05, 0) is 63.0 Å². The highest BCUT2D eigenvalue weighted by Gasteiger charge is 2.50. The van der Waals surface area contributed by atoms with Gasteiger partial charge in [0.2, 0.25) is 0 Å². The number of hydrogen-bond donors (Lipinski definition) is 2. The Morgan fingerprint density at radius 2 is 1.65 bits per heavy atom. The summed E-state index contributed by atoms with van der Waals surface area (Å²) in [6.07, 6.45) is 6.92. The third kappa shape index (κ3) is 3.41. The van der Waals surface area contributed by atoms with Crippen molar-refractivity contribution >= 4 is 0 Å². The molecule has 0 amide bonds. The van der Waals surface area contributed by atoms with Crippen LogP contribution in [0.15, 0.2) is 24.3 Å². The monoisotopic (exact) mass is 316 g/mol. The zero-order chi connectivity index (χ0) is 15.8. The Labute approximate surface area is 139 Å². The number of rotatable bonds is 6. The lowest BCUT2D eigenvalue weighted by Gasteiger charge is -2.52. The second kappa shape index (κ2) is 6.45. The lowest BCUT2D eigenvalue weighted by atomic mass is 9.54. The molecule has 3 nitrogen and oxygen atoms in total. The molecule has 0 heterocycles. The predicted octanol–water partition coefficient (Wildman–Crippen LogP) is 2.12. The summed E-state index contributed by atoms with van der Waals surface area (Å²) in [6.45, 7) is 3.24.